The standard InChI is InChI=1S/C22H29N3O2/c26-21(20-12-18-6-1-2-7-19(18)23-20)25-11-5-8-22(16-25)13-17(15-27-22)14-24-9-3-4-10-24/h1-2,6-7,12,17,23H,3-5,8-11,13-16H2. The van der Waals surface area contributed by atoms with Crippen molar-refractivity contribution >= 4 is 16.8 Å². The number of piperidine rings is 1. The van der Waals surface area contributed by atoms with Crippen molar-refractivity contribution < 1.29 is 9.53 Å². The Morgan fingerprint density at radius 1 is 1.19 bits per heavy atom. The number of rotatable bonds is 3. The van der Waals surface area contributed by atoms with Crippen LogP contribution in [0.4, 0.5) is 0 Å². The highest BCUT2D eigenvalue weighted by molar-refractivity contribution is 5.98. The first-order valence-corrected chi connectivity index (χ1v) is 10.4. The molecule has 0 bridgehead atoms. The van der Waals surface area contributed by atoms with Crippen molar-refractivity contribution in [1.29, 1.82) is 0 Å². The van der Waals surface area contributed by atoms with Gasteiger partial charge in [-0.15, -0.1) is 0 Å². The van der Waals surface area contributed by atoms with Crippen LogP contribution in [0.5, 0.6) is 0 Å². The summed E-state index contributed by atoms with van der Waals surface area (Å²) in [4.78, 5) is 21.0. The Labute approximate surface area is 160 Å². The minimum absolute atomic E-state index is 0.108. The third kappa shape index (κ3) is 3.39. The monoisotopic (exact) mass is 367 g/mol. The van der Waals surface area contributed by atoms with Crippen LogP contribution in [0, 0.1) is 5.92 Å². The van der Waals surface area contributed by atoms with E-state index in [-0.39, 0.29) is 11.5 Å². The van der Waals surface area contributed by atoms with Crippen molar-refractivity contribution in [3.05, 3.63) is 36.0 Å². The van der Waals surface area contributed by atoms with Crippen LogP contribution in [0.2, 0.25) is 0 Å². The first kappa shape index (κ1) is 17.3. The summed E-state index contributed by atoms with van der Waals surface area (Å²) in [5, 5.41) is 1.09. The highest BCUT2D eigenvalue weighted by Gasteiger charge is 2.45. The number of amides is 1. The number of para-hydroxylation sites is 1. The van der Waals surface area contributed by atoms with Gasteiger partial charge in [-0.25, -0.2) is 0 Å². The zero-order valence-corrected chi connectivity index (χ0v) is 16.0. The smallest absolute Gasteiger partial charge is 0.270 e. The van der Waals surface area contributed by atoms with Gasteiger partial charge >= 0.3 is 0 Å². The number of likely N-dealkylation sites (tertiary alicyclic amines) is 2. The summed E-state index contributed by atoms with van der Waals surface area (Å²) in [5.74, 6) is 0.725. The van der Waals surface area contributed by atoms with E-state index in [4.69, 9.17) is 4.74 Å². The molecule has 144 valence electrons. The molecule has 5 heteroatoms. The summed E-state index contributed by atoms with van der Waals surface area (Å²) < 4.78 is 6.35. The number of hydrogen-bond acceptors (Lipinski definition) is 3. The van der Waals surface area contributed by atoms with Crippen molar-refractivity contribution in [2.75, 3.05) is 39.3 Å². The van der Waals surface area contributed by atoms with E-state index in [1.54, 1.807) is 0 Å². The number of ether oxygens (including phenoxy) is 1. The highest BCUT2D eigenvalue weighted by atomic mass is 16.5. The maximum Gasteiger partial charge on any atom is 0.270 e. The highest BCUT2D eigenvalue weighted by Crippen LogP contribution is 2.38. The Hall–Kier alpha value is -1.85. The van der Waals surface area contributed by atoms with Gasteiger partial charge in [0.25, 0.3) is 5.91 Å². The van der Waals surface area contributed by atoms with E-state index < -0.39 is 0 Å². The zero-order chi connectivity index (χ0) is 18.3. The second kappa shape index (κ2) is 6.95. The molecule has 3 aliphatic rings. The molecule has 2 atom stereocenters. The van der Waals surface area contributed by atoms with Crippen LogP contribution < -0.4 is 0 Å². The molecule has 3 aliphatic heterocycles. The van der Waals surface area contributed by atoms with Crippen LogP contribution >= 0.6 is 0 Å². The van der Waals surface area contributed by atoms with Gasteiger partial charge in [0.1, 0.15) is 5.69 Å². The number of hydrogen-bond donors (Lipinski definition) is 1. The molecule has 0 radical (unpaired) electrons. The largest absolute Gasteiger partial charge is 0.373 e. The molecule has 1 amide bonds. The summed E-state index contributed by atoms with van der Waals surface area (Å²) in [5.41, 5.74) is 1.60. The summed E-state index contributed by atoms with van der Waals surface area (Å²) in [6.45, 7) is 6.07. The summed E-state index contributed by atoms with van der Waals surface area (Å²) >= 11 is 0. The first-order chi connectivity index (χ1) is 13.2. The number of carbonyl (C=O) groups is 1. The predicted molar refractivity (Wildman–Crippen MR) is 106 cm³/mol. The van der Waals surface area contributed by atoms with E-state index >= 15 is 0 Å². The third-order valence-corrected chi connectivity index (χ3v) is 6.59. The van der Waals surface area contributed by atoms with E-state index in [2.05, 4.69) is 9.88 Å². The van der Waals surface area contributed by atoms with Crippen molar-refractivity contribution in [2.24, 2.45) is 5.92 Å². The SMILES string of the molecule is O=C(c1cc2ccccc2[nH]1)N1CCCC2(CC(CN3CCCC3)CO2)C1. The molecule has 1 N–H and O–H groups in total. The third-order valence-electron chi connectivity index (χ3n) is 6.59. The molecule has 0 aliphatic carbocycles. The molecule has 2 unspecified atom stereocenters. The molecule has 3 fully saturated rings. The molecule has 27 heavy (non-hydrogen) atoms. The van der Waals surface area contributed by atoms with Crippen molar-refractivity contribution in [3.63, 3.8) is 0 Å². The number of carbonyl (C=O) groups excluding carboxylic acids is 1. The van der Waals surface area contributed by atoms with Gasteiger partial charge in [0.15, 0.2) is 0 Å². The van der Waals surface area contributed by atoms with Gasteiger partial charge < -0.3 is 19.5 Å². The van der Waals surface area contributed by atoms with Crippen molar-refractivity contribution in [2.45, 2.75) is 37.7 Å². The Kier molecular flexibility index (Phi) is 4.44. The van der Waals surface area contributed by atoms with Crippen LogP contribution in [0.1, 0.15) is 42.6 Å². The molecule has 5 rings (SSSR count). The van der Waals surface area contributed by atoms with E-state index in [0.717, 1.165) is 56.4 Å². The normalized spacial score (nSPS) is 29.2. The molecule has 4 heterocycles. The number of aromatic nitrogens is 1. The Morgan fingerprint density at radius 2 is 2.04 bits per heavy atom. The van der Waals surface area contributed by atoms with Crippen LogP contribution in [-0.4, -0.2) is 65.6 Å². The second-order valence-electron chi connectivity index (χ2n) is 8.67. The van der Waals surface area contributed by atoms with Gasteiger partial charge in [-0.2, -0.15) is 0 Å². The number of nitrogens with one attached hydrogen (secondary N) is 1. The van der Waals surface area contributed by atoms with Gasteiger partial charge in [0.05, 0.1) is 18.8 Å². The molecule has 3 saturated heterocycles. The first-order valence-electron chi connectivity index (χ1n) is 10.4. The van der Waals surface area contributed by atoms with Crippen LogP contribution in [0.15, 0.2) is 30.3 Å². The Balaban J connectivity index is 1.27. The molecule has 1 aromatic heterocycles. The van der Waals surface area contributed by atoms with Gasteiger partial charge in [0, 0.05) is 24.0 Å². The predicted octanol–water partition coefficient (Wildman–Crippen LogP) is 3.28. The fraction of sp³-hybridized carbons (Fsp3) is 0.591. The molecule has 0 saturated carbocycles. The minimum Gasteiger partial charge on any atom is -0.373 e. The van der Waals surface area contributed by atoms with Gasteiger partial charge in [-0.3, -0.25) is 4.79 Å². The average Bonchev–Trinajstić information content (AvgIpc) is 3.42. The topological polar surface area (TPSA) is 48.6 Å². The molecule has 5 nitrogen and oxygen atoms in total. The average molecular weight is 367 g/mol. The quantitative estimate of drug-likeness (QED) is 0.906. The summed E-state index contributed by atoms with van der Waals surface area (Å²) in [6.07, 6.45) is 5.89. The molecular weight excluding hydrogens is 338 g/mol. The second-order valence-corrected chi connectivity index (χ2v) is 8.67. The molecule has 1 spiro atoms. The molecule has 1 aromatic carbocycles. The van der Waals surface area contributed by atoms with E-state index in [0.29, 0.717) is 11.6 Å². The minimum atomic E-state index is -0.121. The van der Waals surface area contributed by atoms with Crippen LogP contribution in [-0.2, 0) is 4.74 Å². The number of nitrogens with zero attached hydrogens (tertiary/aromatic N) is 2. The van der Waals surface area contributed by atoms with E-state index in [1.165, 1.54) is 25.9 Å². The Bertz CT molecular complexity index is 793. The molecule has 2 aromatic rings. The number of aromatic amines is 1. The van der Waals surface area contributed by atoms with E-state index in [9.17, 15) is 4.79 Å². The maximum absolute atomic E-state index is 13.1. The van der Waals surface area contributed by atoms with E-state index in [1.807, 2.05) is 35.2 Å². The zero-order valence-electron chi connectivity index (χ0n) is 16.0. The van der Waals surface area contributed by atoms with Crippen LogP contribution in [0.25, 0.3) is 10.9 Å². The van der Waals surface area contributed by atoms with Crippen LogP contribution in [0.3, 0.4) is 0 Å². The lowest BCUT2D eigenvalue weighted by molar-refractivity contribution is -0.0451. The number of fused-ring (bicyclic) bond motifs is 1. The Morgan fingerprint density at radius 3 is 2.89 bits per heavy atom. The fourth-order valence-corrected chi connectivity index (χ4v) is 5.30. The van der Waals surface area contributed by atoms with Gasteiger partial charge in [0.2, 0.25) is 0 Å². The number of benzene rings is 1. The lowest BCUT2D eigenvalue weighted by Crippen LogP contribution is -2.50. The van der Waals surface area contributed by atoms with Gasteiger partial charge in [-0.1, -0.05) is 18.2 Å². The molecular formula is C22H29N3O2. The van der Waals surface area contributed by atoms with Gasteiger partial charge in [-0.05, 0) is 63.2 Å². The van der Waals surface area contributed by atoms with Crippen molar-refractivity contribution in [3.8, 4) is 0 Å². The number of H-pyrrole nitrogens is 1. The van der Waals surface area contributed by atoms with Crippen molar-refractivity contribution in [1.82, 2.24) is 14.8 Å². The summed E-state index contributed by atoms with van der Waals surface area (Å²) in [6, 6.07) is 10.0. The summed E-state index contributed by atoms with van der Waals surface area (Å²) in [7, 11) is 0. The maximum atomic E-state index is 13.1. The lowest BCUT2D eigenvalue weighted by atomic mass is 9.86. The lowest BCUT2D eigenvalue weighted by Gasteiger charge is -2.39. The fourth-order valence-electron chi connectivity index (χ4n) is 5.30.